The number of aryl methyl sites for hydroxylation is 1. The summed E-state index contributed by atoms with van der Waals surface area (Å²) in [7, 11) is 0. The number of aromatic amines is 1. The number of nitrogens with zero attached hydrogens (tertiary/aromatic N) is 3. The minimum absolute atomic E-state index is 0.117. The lowest BCUT2D eigenvalue weighted by Gasteiger charge is -2.49. The van der Waals surface area contributed by atoms with Crippen molar-refractivity contribution >= 4 is 11.0 Å². The topological polar surface area (TPSA) is 70.8 Å². The molecule has 1 atom stereocenters. The first-order valence-electron chi connectivity index (χ1n) is 11.0. The molecule has 1 fully saturated rings. The van der Waals surface area contributed by atoms with Crippen molar-refractivity contribution in [1.82, 2.24) is 19.9 Å². The van der Waals surface area contributed by atoms with Crippen LogP contribution in [0, 0.1) is 0 Å². The summed E-state index contributed by atoms with van der Waals surface area (Å²) in [6, 6.07) is 13.3. The smallest absolute Gasteiger partial charge is 0.121 e. The van der Waals surface area contributed by atoms with Crippen LogP contribution in [0.5, 0.6) is 0 Å². The molecule has 0 bridgehead atoms. The fourth-order valence-electron chi connectivity index (χ4n) is 5.36. The number of nitrogens with two attached hydrogens (primary N) is 1. The largest absolute Gasteiger partial charge is 0.341 e. The van der Waals surface area contributed by atoms with Gasteiger partial charge in [-0.2, -0.15) is 0 Å². The lowest BCUT2D eigenvalue weighted by atomic mass is 9.77. The number of hydrogen-bond acceptors (Lipinski definition) is 4. The van der Waals surface area contributed by atoms with Crippen LogP contribution in [0.2, 0.25) is 0 Å². The molecule has 2 aliphatic rings. The van der Waals surface area contributed by atoms with Gasteiger partial charge >= 0.3 is 0 Å². The molecular weight excluding hydrogens is 358 g/mol. The summed E-state index contributed by atoms with van der Waals surface area (Å²) in [4.78, 5) is 16.0. The highest BCUT2D eigenvalue weighted by atomic mass is 15.3. The highest BCUT2D eigenvalue weighted by Gasteiger charge is 2.41. The molecule has 0 amide bonds. The van der Waals surface area contributed by atoms with Gasteiger partial charge in [-0.25, -0.2) is 4.98 Å². The van der Waals surface area contributed by atoms with Crippen LogP contribution in [0.15, 0.2) is 42.6 Å². The fourth-order valence-corrected chi connectivity index (χ4v) is 5.36. The molecule has 2 aliphatic carbocycles. The Bertz CT molecular complexity index is 953. The number of fused-ring (bicyclic) bond motifs is 2. The summed E-state index contributed by atoms with van der Waals surface area (Å²) in [6.07, 6.45) is 9.92. The van der Waals surface area contributed by atoms with Gasteiger partial charge in [0.15, 0.2) is 0 Å². The summed E-state index contributed by atoms with van der Waals surface area (Å²) in [5, 5.41) is 0. The number of aromatic nitrogens is 3. The second-order valence-corrected chi connectivity index (χ2v) is 9.12. The average Bonchev–Trinajstić information content (AvgIpc) is 3.17. The first kappa shape index (κ1) is 18.8. The van der Waals surface area contributed by atoms with Gasteiger partial charge in [0.05, 0.1) is 29.3 Å². The lowest BCUT2D eigenvalue weighted by Crippen LogP contribution is -2.52. The zero-order valence-corrected chi connectivity index (χ0v) is 17.3. The van der Waals surface area contributed by atoms with Crippen LogP contribution in [-0.4, -0.2) is 31.4 Å². The van der Waals surface area contributed by atoms with Crippen molar-refractivity contribution in [1.29, 1.82) is 0 Å². The second kappa shape index (κ2) is 7.54. The molecule has 0 radical (unpaired) electrons. The number of imidazole rings is 1. The van der Waals surface area contributed by atoms with Gasteiger partial charge in [-0.3, -0.25) is 9.88 Å². The lowest BCUT2D eigenvalue weighted by molar-refractivity contribution is 0.00345. The Morgan fingerprint density at radius 2 is 1.97 bits per heavy atom. The maximum atomic E-state index is 6.27. The van der Waals surface area contributed by atoms with Crippen molar-refractivity contribution in [2.24, 2.45) is 5.73 Å². The molecule has 5 nitrogen and oxygen atoms in total. The van der Waals surface area contributed by atoms with E-state index >= 15 is 0 Å². The highest BCUT2D eigenvalue weighted by Crippen LogP contribution is 2.43. The molecule has 0 saturated heterocycles. The van der Waals surface area contributed by atoms with Crippen molar-refractivity contribution in [2.45, 2.75) is 76.0 Å². The Morgan fingerprint density at radius 3 is 2.79 bits per heavy atom. The van der Waals surface area contributed by atoms with E-state index in [2.05, 4.69) is 53.2 Å². The molecule has 5 rings (SSSR count). The van der Waals surface area contributed by atoms with E-state index < -0.39 is 0 Å². The molecule has 1 saturated carbocycles. The van der Waals surface area contributed by atoms with E-state index in [-0.39, 0.29) is 5.54 Å². The minimum atomic E-state index is 0.117. The summed E-state index contributed by atoms with van der Waals surface area (Å²) in [6.45, 7) is 3.25. The number of para-hydroxylation sites is 2. The SMILES string of the molecule is C[C@]1(N(Cc2nc3ccccc3[nH]2)C2CCCc3cccnc32)CC[C@H](N)CC1. The predicted octanol–water partition coefficient (Wildman–Crippen LogP) is 4.50. The van der Waals surface area contributed by atoms with E-state index in [0.29, 0.717) is 12.1 Å². The Labute approximate surface area is 172 Å². The third kappa shape index (κ3) is 3.58. The quantitative estimate of drug-likeness (QED) is 0.689. The Hall–Kier alpha value is -2.24. The summed E-state index contributed by atoms with van der Waals surface area (Å²) in [5.74, 6) is 1.05. The first-order chi connectivity index (χ1) is 14.1. The fraction of sp³-hybridized carbons (Fsp3) is 0.500. The molecule has 152 valence electrons. The molecule has 2 heterocycles. The van der Waals surface area contributed by atoms with Gasteiger partial charge in [-0.1, -0.05) is 18.2 Å². The molecule has 3 N–H and O–H groups in total. The van der Waals surface area contributed by atoms with Crippen molar-refractivity contribution in [3.05, 3.63) is 59.7 Å². The summed E-state index contributed by atoms with van der Waals surface area (Å²) < 4.78 is 0. The Kier molecular flexibility index (Phi) is 4.88. The van der Waals surface area contributed by atoms with Crippen LogP contribution in [0.3, 0.4) is 0 Å². The number of rotatable bonds is 4. The zero-order chi connectivity index (χ0) is 19.8. The van der Waals surface area contributed by atoms with Crippen LogP contribution in [-0.2, 0) is 13.0 Å². The van der Waals surface area contributed by atoms with Crippen LogP contribution < -0.4 is 5.73 Å². The van der Waals surface area contributed by atoms with Gasteiger partial charge in [-0.05, 0) is 75.6 Å². The molecule has 0 aliphatic heterocycles. The summed E-state index contributed by atoms with van der Waals surface area (Å²) >= 11 is 0. The maximum absolute atomic E-state index is 6.27. The zero-order valence-electron chi connectivity index (χ0n) is 17.3. The number of pyridine rings is 1. The molecule has 1 aromatic carbocycles. The predicted molar refractivity (Wildman–Crippen MR) is 116 cm³/mol. The standard InChI is InChI=1S/C24H31N5/c1-24(13-11-18(25)12-14-24)29(16-22-27-19-8-2-3-9-20(19)28-22)21-10-4-6-17-7-5-15-26-23(17)21/h2-3,5,7-9,15,18,21H,4,6,10-14,16,25H2,1H3,(H,27,28)/t18-,21?,24-. The van der Waals surface area contributed by atoms with Gasteiger partial charge < -0.3 is 10.7 Å². The molecule has 3 aromatic rings. The number of H-pyrrole nitrogens is 1. The van der Waals surface area contributed by atoms with E-state index in [4.69, 9.17) is 15.7 Å². The van der Waals surface area contributed by atoms with E-state index in [1.54, 1.807) is 0 Å². The maximum Gasteiger partial charge on any atom is 0.121 e. The van der Waals surface area contributed by atoms with Crippen molar-refractivity contribution in [3.8, 4) is 0 Å². The van der Waals surface area contributed by atoms with E-state index in [0.717, 1.165) is 61.9 Å². The third-order valence-electron chi connectivity index (χ3n) is 7.10. The normalized spacial score (nSPS) is 27.3. The van der Waals surface area contributed by atoms with Crippen LogP contribution in [0.1, 0.15) is 68.6 Å². The van der Waals surface area contributed by atoms with E-state index in [1.807, 2.05) is 6.20 Å². The molecular formula is C24H31N5. The molecule has 2 aromatic heterocycles. The van der Waals surface area contributed by atoms with Crippen LogP contribution >= 0.6 is 0 Å². The minimum Gasteiger partial charge on any atom is -0.341 e. The number of benzene rings is 1. The van der Waals surface area contributed by atoms with Gasteiger partial charge in [0, 0.05) is 17.8 Å². The highest BCUT2D eigenvalue weighted by molar-refractivity contribution is 5.74. The second-order valence-electron chi connectivity index (χ2n) is 9.12. The van der Waals surface area contributed by atoms with E-state index in [9.17, 15) is 0 Å². The van der Waals surface area contributed by atoms with Crippen LogP contribution in [0.4, 0.5) is 0 Å². The number of hydrogen-bond donors (Lipinski definition) is 2. The number of nitrogens with one attached hydrogen (secondary N) is 1. The molecule has 0 spiro atoms. The average molecular weight is 390 g/mol. The van der Waals surface area contributed by atoms with Gasteiger partial charge in [0.2, 0.25) is 0 Å². The van der Waals surface area contributed by atoms with Gasteiger partial charge in [-0.15, -0.1) is 0 Å². The van der Waals surface area contributed by atoms with Gasteiger partial charge in [0.25, 0.3) is 0 Å². The first-order valence-corrected chi connectivity index (χ1v) is 11.0. The summed E-state index contributed by atoms with van der Waals surface area (Å²) in [5.41, 5.74) is 11.2. The Morgan fingerprint density at radius 1 is 1.14 bits per heavy atom. The van der Waals surface area contributed by atoms with Crippen molar-refractivity contribution in [2.75, 3.05) is 0 Å². The molecule has 1 unspecified atom stereocenters. The van der Waals surface area contributed by atoms with Crippen molar-refractivity contribution < 1.29 is 0 Å². The van der Waals surface area contributed by atoms with E-state index in [1.165, 1.54) is 17.7 Å². The van der Waals surface area contributed by atoms with Gasteiger partial charge in [0.1, 0.15) is 5.82 Å². The molecule has 29 heavy (non-hydrogen) atoms. The van der Waals surface area contributed by atoms with Crippen LogP contribution in [0.25, 0.3) is 11.0 Å². The Balaban J connectivity index is 1.53. The van der Waals surface area contributed by atoms with Crippen molar-refractivity contribution in [3.63, 3.8) is 0 Å². The third-order valence-corrected chi connectivity index (χ3v) is 7.10. The monoisotopic (exact) mass is 389 g/mol. The molecule has 5 heteroatoms.